The summed E-state index contributed by atoms with van der Waals surface area (Å²) in [7, 11) is 0. The number of phenolic OH excluding ortho intramolecular Hbond substituents is 4. The van der Waals surface area contributed by atoms with Crippen LogP contribution in [0.4, 0.5) is 0 Å². The van der Waals surface area contributed by atoms with Gasteiger partial charge in [0.2, 0.25) is 0 Å². The van der Waals surface area contributed by atoms with Gasteiger partial charge in [-0.25, -0.2) is 29.9 Å². The Morgan fingerprint density at radius 3 is 0.896 bits per heavy atom. The van der Waals surface area contributed by atoms with Crippen molar-refractivity contribution in [1.29, 1.82) is 0 Å². The molecule has 0 saturated heterocycles. The molecule has 2 aliphatic rings. The number of nitrogens with one attached hydrogen (secondary N) is 1. The summed E-state index contributed by atoms with van der Waals surface area (Å²) in [5.74, 6) is -2.04. The van der Waals surface area contributed by atoms with Crippen LogP contribution in [0.25, 0.3) is 177 Å². The van der Waals surface area contributed by atoms with Crippen molar-refractivity contribution < 1.29 is 100 Å². The molecule has 0 saturated carbocycles. The van der Waals surface area contributed by atoms with Crippen LogP contribution in [0.3, 0.4) is 0 Å². The van der Waals surface area contributed by atoms with Gasteiger partial charge >= 0.3 is 0 Å². The largest absolute Gasteiger partial charge is 0.657 e. The molecule has 2 aliphatic heterocycles. The van der Waals surface area contributed by atoms with E-state index in [-0.39, 0.29) is 95.0 Å². The number of H-pyrrole nitrogens is 1. The minimum atomic E-state index is -0.833. The Morgan fingerprint density at radius 1 is 0.304 bits per heavy atom. The third kappa shape index (κ3) is 20.2. The van der Waals surface area contributed by atoms with Crippen LogP contribution in [0.5, 0.6) is 23.0 Å². The average molecular weight is 2060 g/mol. The van der Waals surface area contributed by atoms with Crippen molar-refractivity contribution in [2.24, 2.45) is 0 Å². The van der Waals surface area contributed by atoms with Crippen molar-refractivity contribution in [3.05, 3.63) is 245 Å². The van der Waals surface area contributed by atoms with Crippen molar-refractivity contribution >= 4 is 237 Å². The minimum absolute atomic E-state index is 0. The molecular weight excluding hydrogens is 1970 g/mol. The summed E-state index contributed by atoms with van der Waals surface area (Å²) in [6, 6.07) is 60.7. The molecule has 0 aliphatic carbocycles. The third-order valence-corrected chi connectivity index (χ3v) is 22.9. The SMILES string of the molecule is CC(=O)O.CC(=O)O.CC(=O)O.CC(C)(C)c1cc2c3nc(c(-c4cc(Br)cc(Br)c4)c4ccc([n-]4)c4cc(C(C)(C)C)cc(c4O)c4ccc5ccc6ccc(nc6c5n4)c(c1)c2O)C=C3.CC(C)(C)c1cc2c3nc(c(-c4cc(Br)cc(Br)c4)c4ccc([nH]4)c4cc(C(C)(C)C)cc(c4O)c4ccc5ccc6ccc(nc6c5n4)c(c1)c2O)C=C3.[Co].[Co].[Co]. The van der Waals surface area contributed by atoms with Gasteiger partial charge in [-0.05, 0) is 206 Å². The summed E-state index contributed by atoms with van der Waals surface area (Å²) in [5, 5.41) is 79.7. The van der Waals surface area contributed by atoms with Crippen LogP contribution >= 0.6 is 63.7 Å². The standard InChI is InChI=1S/C47H38Br2N4O2.C47H37Br2N4O2.3C2H4O2.3Co/c2*1-46(2,3)27-19-31-35-13-15-39(50-35)41(26-17-29(48)23-30(49)18-26)40-16-14-36(51-40)32-20-28(47(4,5)6)22-34(45(32)55)38-12-10-25-8-7-24-9-11-37(33(21-27)44(31)54)52-42(24)43(25)53-38;3*1-2(3)4;;;/h7-23,50,54-55H,1-6H3;7-23H,1-6H3,(H2-,50,51,52,53,54,55);3*1H3,(H,3,4);;;/q;-1;;;;;;. The number of carbonyl (C=O) groups is 3. The zero-order valence-electron chi connectivity index (χ0n) is 70.6. The molecule has 0 fully saturated rings. The first-order valence-corrected chi connectivity index (χ1v) is 42.4. The van der Waals surface area contributed by atoms with Crippen molar-refractivity contribution in [2.45, 2.75) is 126 Å². The van der Waals surface area contributed by atoms with Gasteiger partial charge < -0.3 is 45.7 Å². The molecule has 18 nitrogen and oxygen atoms in total. The summed E-state index contributed by atoms with van der Waals surface area (Å²) in [5.41, 5.74) is 17.8. The van der Waals surface area contributed by atoms with E-state index < -0.39 is 17.9 Å². The number of halogens is 4. The summed E-state index contributed by atoms with van der Waals surface area (Å²) < 4.78 is 3.62. The maximum Gasteiger partial charge on any atom is 0.300 e. The molecular formula is C100H87Br4Co3N8O10-. The average Bonchev–Trinajstić information content (AvgIpc) is 1.47. The monoisotopic (exact) mass is 2050 g/mol. The van der Waals surface area contributed by atoms with Crippen molar-refractivity contribution in [1.82, 2.24) is 39.9 Å². The van der Waals surface area contributed by atoms with E-state index in [0.29, 0.717) is 115 Å². The summed E-state index contributed by atoms with van der Waals surface area (Å²) >= 11 is 14.8. The van der Waals surface area contributed by atoms with Crippen LogP contribution in [0.15, 0.2) is 200 Å². The van der Waals surface area contributed by atoms with Gasteiger partial charge in [-0.15, -0.1) is 11.0 Å². The van der Waals surface area contributed by atoms with Crippen molar-refractivity contribution in [2.75, 3.05) is 0 Å². The maximum absolute atomic E-state index is 12.2. The number of pyridine rings is 4. The van der Waals surface area contributed by atoms with E-state index in [2.05, 4.69) is 176 Å². The molecule has 3 radical (unpaired) electrons. The van der Waals surface area contributed by atoms with E-state index in [9.17, 15) is 20.4 Å². The minimum Gasteiger partial charge on any atom is -0.657 e. The Morgan fingerprint density at radius 2 is 0.560 bits per heavy atom. The van der Waals surface area contributed by atoms with E-state index in [1.54, 1.807) is 0 Å². The molecule has 0 atom stereocenters. The number of hydrogen-bond donors (Lipinski definition) is 8. The summed E-state index contributed by atoms with van der Waals surface area (Å²) in [6.07, 6.45) is 7.90. The topological polar surface area (TPSA) is 300 Å². The summed E-state index contributed by atoms with van der Waals surface area (Å²) in [6.45, 7) is 29.2. The number of rotatable bonds is 2. The molecule has 16 aromatic rings. The van der Waals surface area contributed by atoms with Gasteiger partial charge in [-0.3, -0.25) is 14.4 Å². The summed E-state index contributed by atoms with van der Waals surface area (Å²) in [4.78, 5) is 67.2. The molecule has 18 rings (SSSR count). The molecule has 8 N–H and O–H groups in total. The number of carboxylic acid groups (broad SMARTS) is 3. The van der Waals surface area contributed by atoms with Crippen LogP contribution in [0, 0.1) is 0 Å². The van der Waals surface area contributed by atoms with E-state index in [1.807, 2.05) is 182 Å². The van der Waals surface area contributed by atoms with Crippen LogP contribution in [0.1, 0.15) is 149 Å². The fourth-order valence-corrected chi connectivity index (χ4v) is 17.5. The smallest absolute Gasteiger partial charge is 0.300 e. The second-order valence-electron chi connectivity index (χ2n) is 34.4. The van der Waals surface area contributed by atoms with Gasteiger partial charge in [-0.1, -0.05) is 207 Å². The number of fused-ring (bicyclic) bond motifs is 28. The molecule has 8 aromatic carbocycles. The quantitative estimate of drug-likeness (QED) is 0.0746. The Hall–Kier alpha value is -10.7. The number of hydrogen-bond acceptors (Lipinski definition) is 13. The van der Waals surface area contributed by atoms with Gasteiger partial charge in [0.05, 0.1) is 66.9 Å². The fraction of sp³-hybridized carbons (Fsp3) is 0.190. The first-order valence-electron chi connectivity index (χ1n) is 39.3. The van der Waals surface area contributed by atoms with Gasteiger partial charge in [0.1, 0.15) is 23.0 Å². The zero-order valence-corrected chi connectivity index (χ0v) is 80.1. The van der Waals surface area contributed by atoms with Gasteiger partial charge in [0.15, 0.2) is 0 Å². The zero-order chi connectivity index (χ0) is 87.8. The van der Waals surface area contributed by atoms with E-state index in [4.69, 9.17) is 64.6 Å². The Balaban J connectivity index is 0.000000211. The Kier molecular flexibility index (Phi) is 28.2. The number of aromatic hydroxyl groups is 4. The molecule has 10 heterocycles. The normalized spacial score (nSPS) is 11.9. The first-order chi connectivity index (χ1) is 57.4. The van der Waals surface area contributed by atoms with Gasteiger partial charge in [0, 0.05) is 170 Å². The molecule has 643 valence electrons. The number of aromatic nitrogens is 8. The van der Waals surface area contributed by atoms with Crippen LogP contribution in [0.2, 0.25) is 0 Å². The second-order valence-corrected chi connectivity index (χ2v) is 38.1. The van der Waals surface area contributed by atoms with E-state index in [0.717, 1.165) is 121 Å². The van der Waals surface area contributed by atoms with Gasteiger partial charge in [0.25, 0.3) is 17.9 Å². The third-order valence-electron chi connectivity index (χ3n) is 21.1. The fourth-order valence-electron chi connectivity index (χ4n) is 14.9. The molecule has 0 spiro atoms. The van der Waals surface area contributed by atoms with Crippen molar-refractivity contribution in [3.63, 3.8) is 0 Å². The van der Waals surface area contributed by atoms with Gasteiger partial charge in [-0.2, -0.15) is 0 Å². The molecule has 24 bridgehead atoms. The molecule has 0 unspecified atom stereocenters. The van der Waals surface area contributed by atoms with Crippen molar-refractivity contribution in [3.8, 4) is 45.3 Å². The number of aromatic amines is 1. The predicted molar refractivity (Wildman–Crippen MR) is 511 cm³/mol. The molecule has 25 heteroatoms. The molecule has 8 aromatic heterocycles. The van der Waals surface area contributed by atoms with Crippen LogP contribution < -0.4 is 4.98 Å². The predicted octanol–water partition coefficient (Wildman–Crippen LogP) is 26.9. The van der Waals surface area contributed by atoms with Crippen LogP contribution in [-0.2, 0) is 86.4 Å². The first kappa shape index (κ1) is 95.0. The van der Waals surface area contributed by atoms with Crippen LogP contribution in [-0.4, -0.2) is 88.5 Å². The number of phenols is 4. The Labute approximate surface area is 785 Å². The number of aliphatic carboxylic acids is 3. The van der Waals surface area contributed by atoms with E-state index in [1.165, 1.54) is 0 Å². The Bertz CT molecular complexity index is 6970. The number of carboxylic acids is 3. The maximum atomic E-state index is 12.2. The molecule has 0 amide bonds. The molecule has 125 heavy (non-hydrogen) atoms. The number of nitrogens with zero attached hydrogens (tertiary/aromatic N) is 7. The second kappa shape index (κ2) is 37.1. The number of benzene rings is 8. The van der Waals surface area contributed by atoms with E-state index >= 15 is 0 Å².